The van der Waals surface area contributed by atoms with Crippen LogP contribution in [0.5, 0.6) is 0 Å². The van der Waals surface area contributed by atoms with E-state index < -0.39 is 17.4 Å². The summed E-state index contributed by atoms with van der Waals surface area (Å²) in [6.45, 7) is 4.70. The Morgan fingerprint density at radius 3 is 2.76 bits per heavy atom. The molecule has 2 aliphatic heterocycles. The molecule has 37 heavy (non-hydrogen) atoms. The largest absolute Gasteiger partial charge is 0.381 e. The molecule has 2 atom stereocenters. The third-order valence-corrected chi connectivity index (χ3v) is 7.89. The molecule has 0 saturated carbocycles. The second kappa shape index (κ2) is 8.81. The van der Waals surface area contributed by atoms with E-state index in [1.54, 1.807) is 19.2 Å². The number of nitrogens with zero attached hydrogens (tertiary/aromatic N) is 2. The van der Waals surface area contributed by atoms with Gasteiger partial charge in [-0.05, 0) is 49.8 Å². The molecule has 1 aromatic carbocycles. The van der Waals surface area contributed by atoms with Crippen LogP contribution in [0.4, 0.5) is 11.5 Å². The normalized spacial score (nSPS) is 19.8. The lowest BCUT2D eigenvalue weighted by atomic mass is 9.71. The van der Waals surface area contributed by atoms with Crippen molar-refractivity contribution >= 4 is 29.2 Å². The number of anilines is 2. The molecule has 1 saturated heterocycles. The fourth-order valence-electron chi connectivity index (χ4n) is 5.81. The molecule has 1 aliphatic carbocycles. The van der Waals surface area contributed by atoms with Crippen LogP contribution >= 0.6 is 0 Å². The van der Waals surface area contributed by atoms with Gasteiger partial charge in [0.25, 0.3) is 5.91 Å². The average Bonchev–Trinajstić information content (AvgIpc) is 3.40. The lowest BCUT2D eigenvalue weighted by molar-refractivity contribution is -0.124. The molecular weight excluding hydrogens is 474 g/mol. The first-order valence-electron chi connectivity index (χ1n) is 12.4. The molecule has 4 heterocycles. The molecule has 3 aromatic rings. The number of aryl methyl sites for hydroxylation is 2. The highest BCUT2D eigenvalue weighted by Gasteiger charge is 2.48. The Balaban J connectivity index is 1.27. The minimum absolute atomic E-state index is 0.0631. The zero-order valence-corrected chi connectivity index (χ0v) is 20.6. The van der Waals surface area contributed by atoms with Crippen molar-refractivity contribution in [1.29, 1.82) is 0 Å². The first-order valence-corrected chi connectivity index (χ1v) is 12.4. The van der Waals surface area contributed by atoms with Crippen molar-refractivity contribution in [1.82, 2.24) is 15.5 Å². The van der Waals surface area contributed by atoms with Crippen LogP contribution in [0.1, 0.15) is 57.1 Å². The molecule has 3 aliphatic rings. The standard InChI is InChI=1S/C27H27N5O5/c1-14-4-3-5-16-10-17(22(14)16)23(31-24(33)18-13-37-32-15(18)2)25(34)30-21-11-20-19(12-28-21)27(26(35)29-20)6-8-36-9-7-27/h3-5,11-13,17,23H,6-10H2,1-2H3,(H,29,35)(H,31,33)(H,28,30,34)/t17-,23?/m1/s1. The van der Waals surface area contributed by atoms with Crippen LogP contribution < -0.4 is 16.0 Å². The van der Waals surface area contributed by atoms with Gasteiger partial charge in [0.15, 0.2) is 0 Å². The van der Waals surface area contributed by atoms with Crippen molar-refractivity contribution in [3.05, 3.63) is 70.2 Å². The number of carbonyl (C=O) groups is 3. The lowest BCUT2D eigenvalue weighted by Crippen LogP contribution is -2.50. The van der Waals surface area contributed by atoms with Crippen molar-refractivity contribution in [3.8, 4) is 0 Å². The van der Waals surface area contributed by atoms with Crippen molar-refractivity contribution < 1.29 is 23.6 Å². The molecule has 1 spiro atoms. The van der Waals surface area contributed by atoms with Gasteiger partial charge in [0, 0.05) is 37.0 Å². The summed E-state index contributed by atoms with van der Waals surface area (Å²) in [6, 6.07) is 6.87. The smallest absolute Gasteiger partial charge is 0.257 e. The van der Waals surface area contributed by atoms with Gasteiger partial charge in [0.05, 0.1) is 16.8 Å². The van der Waals surface area contributed by atoms with E-state index in [4.69, 9.17) is 9.26 Å². The lowest BCUT2D eigenvalue weighted by Gasteiger charge is -2.37. The van der Waals surface area contributed by atoms with Gasteiger partial charge in [-0.15, -0.1) is 0 Å². The Bertz CT molecular complexity index is 1410. The Hall–Kier alpha value is -4.05. The Morgan fingerprint density at radius 1 is 1.22 bits per heavy atom. The number of aromatic nitrogens is 2. The highest BCUT2D eigenvalue weighted by atomic mass is 16.5. The van der Waals surface area contributed by atoms with Crippen molar-refractivity contribution in [2.75, 3.05) is 23.8 Å². The summed E-state index contributed by atoms with van der Waals surface area (Å²) in [4.78, 5) is 44.0. The molecule has 190 valence electrons. The molecular formula is C27H27N5O5. The number of hydrogen-bond acceptors (Lipinski definition) is 7. The van der Waals surface area contributed by atoms with Crippen molar-refractivity contribution in [3.63, 3.8) is 0 Å². The minimum atomic E-state index is -0.845. The Morgan fingerprint density at radius 2 is 2.03 bits per heavy atom. The summed E-state index contributed by atoms with van der Waals surface area (Å²) < 4.78 is 10.4. The molecule has 3 amide bonds. The molecule has 10 nitrogen and oxygen atoms in total. The SMILES string of the molecule is Cc1cccc2c1[C@H](C(NC(=O)c1conc1C)C(=O)Nc1cc3c(cn1)C1(CCOCC1)C(=O)N3)C2. The summed E-state index contributed by atoms with van der Waals surface area (Å²) in [6.07, 6.45) is 4.78. The Kier molecular flexibility index (Phi) is 5.56. The van der Waals surface area contributed by atoms with Gasteiger partial charge < -0.3 is 25.2 Å². The summed E-state index contributed by atoms with van der Waals surface area (Å²) in [5.74, 6) is -0.778. The second-order valence-corrected chi connectivity index (χ2v) is 9.98. The second-order valence-electron chi connectivity index (χ2n) is 9.98. The number of rotatable bonds is 5. The van der Waals surface area contributed by atoms with Crippen LogP contribution in [0.25, 0.3) is 0 Å². The molecule has 1 fully saturated rings. The number of amides is 3. The highest BCUT2D eigenvalue weighted by molar-refractivity contribution is 6.07. The summed E-state index contributed by atoms with van der Waals surface area (Å²) in [5.41, 5.74) is 4.87. The average molecular weight is 502 g/mol. The van der Waals surface area contributed by atoms with E-state index in [0.29, 0.717) is 49.7 Å². The molecule has 3 N–H and O–H groups in total. The van der Waals surface area contributed by atoms with E-state index in [0.717, 1.165) is 16.7 Å². The third-order valence-electron chi connectivity index (χ3n) is 7.89. The first-order chi connectivity index (χ1) is 17.9. The maximum Gasteiger partial charge on any atom is 0.257 e. The number of pyridine rings is 1. The van der Waals surface area contributed by atoms with Crippen LogP contribution in [0, 0.1) is 13.8 Å². The molecule has 0 radical (unpaired) electrons. The number of benzene rings is 1. The van der Waals surface area contributed by atoms with Gasteiger partial charge in [0.1, 0.15) is 23.7 Å². The monoisotopic (exact) mass is 501 g/mol. The fourth-order valence-corrected chi connectivity index (χ4v) is 5.81. The van der Waals surface area contributed by atoms with Gasteiger partial charge in [0.2, 0.25) is 11.8 Å². The quantitative estimate of drug-likeness (QED) is 0.489. The van der Waals surface area contributed by atoms with E-state index in [9.17, 15) is 14.4 Å². The van der Waals surface area contributed by atoms with Crippen LogP contribution in [0.15, 0.2) is 41.2 Å². The van der Waals surface area contributed by atoms with Crippen LogP contribution in [-0.2, 0) is 26.2 Å². The summed E-state index contributed by atoms with van der Waals surface area (Å²) in [7, 11) is 0. The number of nitrogens with one attached hydrogen (secondary N) is 3. The number of carbonyl (C=O) groups excluding carboxylic acids is 3. The van der Waals surface area contributed by atoms with Gasteiger partial charge in [-0.2, -0.15) is 0 Å². The molecule has 2 aromatic heterocycles. The predicted octanol–water partition coefficient (Wildman–Crippen LogP) is 2.76. The van der Waals surface area contributed by atoms with E-state index >= 15 is 0 Å². The van der Waals surface area contributed by atoms with Crippen LogP contribution in [0.2, 0.25) is 0 Å². The Labute approximate surface area is 213 Å². The fraction of sp³-hybridized carbons (Fsp3) is 0.370. The number of ether oxygens (including phenoxy) is 1. The highest BCUT2D eigenvalue weighted by Crippen LogP contribution is 2.45. The summed E-state index contributed by atoms with van der Waals surface area (Å²) >= 11 is 0. The van der Waals surface area contributed by atoms with Crippen molar-refractivity contribution in [2.24, 2.45) is 0 Å². The molecule has 1 unspecified atom stereocenters. The molecule has 10 heteroatoms. The van der Waals surface area contributed by atoms with Crippen molar-refractivity contribution in [2.45, 2.75) is 50.5 Å². The number of hydrogen-bond donors (Lipinski definition) is 3. The zero-order chi connectivity index (χ0) is 25.7. The van der Waals surface area contributed by atoms with E-state index in [1.807, 2.05) is 25.1 Å². The van der Waals surface area contributed by atoms with Gasteiger partial charge >= 0.3 is 0 Å². The van der Waals surface area contributed by atoms with E-state index in [1.165, 1.54) is 11.8 Å². The number of fused-ring (bicyclic) bond motifs is 3. The van der Waals surface area contributed by atoms with E-state index in [-0.39, 0.29) is 23.3 Å². The van der Waals surface area contributed by atoms with Crippen LogP contribution in [-0.4, -0.2) is 47.1 Å². The van der Waals surface area contributed by atoms with Gasteiger partial charge in [-0.3, -0.25) is 14.4 Å². The zero-order valence-electron chi connectivity index (χ0n) is 20.6. The first kappa shape index (κ1) is 23.4. The molecule has 6 rings (SSSR count). The third kappa shape index (κ3) is 3.79. The van der Waals surface area contributed by atoms with E-state index in [2.05, 4.69) is 26.1 Å². The topological polar surface area (TPSA) is 135 Å². The molecule has 0 bridgehead atoms. The predicted molar refractivity (Wildman–Crippen MR) is 133 cm³/mol. The van der Waals surface area contributed by atoms with Gasteiger partial charge in [-0.1, -0.05) is 23.4 Å². The maximum atomic E-state index is 13.6. The minimum Gasteiger partial charge on any atom is -0.381 e. The maximum absolute atomic E-state index is 13.6. The van der Waals surface area contributed by atoms with Gasteiger partial charge in [-0.25, -0.2) is 4.98 Å². The summed E-state index contributed by atoms with van der Waals surface area (Å²) in [5, 5.41) is 12.5. The van der Waals surface area contributed by atoms with Crippen LogP contribution in [0.3, 0.4) is 0 Å².